The summed E-state index contributed by atoms with van der Waals surface area (Å²) in [4.78, 5) is 12.1. The van der Waals surface area contributed by atoms with Crippen LogP contribution in [-0.4, -0.2) is 17.1 Å². The quantitative estimate of drug-likeness (QED) is 0.527. The highest BCUT2D eigenvalue weighted by molar-refractivity contribution is 6.05. The van der Waals surface area contributed by atoms with Crippen LogP contribution in [0, 0.1) is 16.7 Å². The Labute approximate surface area is 97.5 Å². The summed E-state index contributed by atoms with van der Waals surface area (Å²) in [6.45, 7) is 5.31. The number of aliphatic hydroxyl groups excluding tert-OH is 1. The van der Waals surface area contributed by atoms with Crippen molar-refractivity contribution in [2.75, 3.05) is 0 Å². The molecule has 2 fully saturated rings. The van der Waals surface area contributed by atoms with E-state index in [2.05, 4.69) is 0 Å². The Morgan fingerprint density at radius 1 is 1.35 bits per heavy atom. The number of hydrogen-bond acceptors (Lipinski definition) is 2. The molecule has 2 saturated carbocycles. The van der Waals surface area contributed by atoms with Crippen LogP contribution in [0.25, 0.3) is 0 Å². The van der Waals surface area contributed by atoms with Gasteiger partial charge in [-0.1, -0.05) is 20.8 Å². The normalized spacial score (nSPS) is 38.7. The van der Waals surface area contributed by atoms with Crippen LogP contribution in [0.15, 0.2) is 11.3 Å². The van der Waals surface area contributed by atoms with Crippen LogP contribution in [0.4, 0.5) is 13.2 Å². The summed E-state index contributed by atoms with van der Waals surface area (Å²) in [7, 11) is 0. The van der Waals surface area contributed by atoms with Gasteiger partial charge in [0.1, 0.15) is 0 Å². The van der Waals surface area contributed by atoms with Gasteiger partial charge in [-0.25, -0.2) is 0 Å². The van der Waals surface area contributed by atoms with Crippen LogP contribution in [0.5, 0.6) is 0 Å². The van der Waals surface area contributed by atoms with Gasteiger partial charge in [-0.15, -0.1) is 0 Å². The second-order valence-corrected chi connectivity index (χ2v) is 5.73. The third-order valence-electron chi connectivity index (χ3n) is 4.84. The first-order valence-electron chi connectivity index (χ1n) is 5.58. The number of carbonyl (C=O) groups excluding carboxylic acids is 1. The summed E-state index contributed by atoms with van der Waals surface area (Å²) in [5.74, 6) is -2.71. The summed E-state index contributed by atoms with van der Waals surface area (Å²) in [5, 5.41) is 9.26. The van der Waals surface area contributed by atoms with Gasteiger partial charge in [-0.3, -0.25) is 4.79 Å². The molecule has 17 heavy (non-hydrogen) atoms. The van der Waals surface area contributed by atoms with Crippen LogP contribution in [-0.2, 0) is 4.79 Å². The minimum atomic E-state index is -4.83. The van der Waals surface area contributed by atoms with Crippen LogP contribution in [0.3, 0.4) is 0 Å². The van der Waals surface area contributed by atoms with Crippen LogP contribution in [0.1, 0.15) is 33.6 Å². The number of aliphatic hydroxyl groups is 1. The van der Waals surface area contributed by atoms with E-state index >= 15 is 0 Å². The Morgan fingerprint density at radius 2 is 1.88 bits per heavy atom. The lowest BCUT2D eigenvalue weighted by atomic mass is 9.70. The van der Waals surface area contributed by atoms with Crippen molar-refractivity contribution in [2.45, 2.75) is 39.8 Å². The number of halogens is 3. The average molecular weight is 248 g/mol. The van der Waals surface area contributed by atoms with Gasteiger partial charge in [0.15, 0.2) is 5.78 Å². The summed E-state index contributed by atoms with van der Waals surface area (Å²) in [6, 6.07) is 0. The van der Waals surface area contributed by atoms with Crippen LogP contribution >= 0.6 is 0 Å². The van der Waals surface area contributed by atoms with E-state index in [4.69, 9.17) is 0 Å². The van der Waals surface area contributed by atoms with Gasteiger partial charge in [-0.05, 0) is 24.2 Å². The van der Waals surface area contributed by atoms with Gasteiger partial charge in [0, 0.05) is 11.0 Å². The van der Waals surface area contributed by atoms with Gasteiger partial charge in [-0.2, -0.15) is 13.2 Å². The molecule has 0 aliphatic heterocycles. The zero-order valence-corrected chi connectivity index (χ0v) is 9.98. The van der Waals surface area contributed by atoms with Gasteiger partial charge in [0.2, 0.25) is 5.76 Å². The molecule has 1 unspecified atom stereocenters. The van der Waals surface area contributed by atoms with Gasteiger partial charge in [0.25, 0.3) is 0 Å². The summed E-state index contributed by atoms with van der Waals surface area (Å²) in [5.41, 5.74) is -1.69. The van der Waals surface area contributed by atoms with Crippen molar-refractivity contribution in [3.8, 4) is 0 Å². The van der Waals surface area contributed by atoms with Crippen molar-refractivity contribution in [2.24, 2.45) is 16.7 Å². The van der Waals surface area contributed by atoms with E-state index in [1.807, 2.05) is 0 Å². The highest BCUT2D eigenvalue weighted by Crippen LogP contribution is 2.66. The second kappa shape index (κ2) is 3.06. The summed E-state index contributed by atoms with van der Waals surface area (Å²) < 4.78 is 37.5. The molecular weight excluding hydrogens is 233 g/mol. The molecule has 2 nitrogen and oxygen atoms in total. The number of ketones is 1. The number of alkyl halides is 3. The molecule has 0 aromatic carbocycles. The summed E-state index contributed by atoms with van der Waals surface area (Å²) >= 11 is 0. The number of carbonyl (C=O) groups is 1. The van der Waals surface area contributed by atoms with E-state index in [9.17, 15) is 23.1 Å². The Balaban J connectivity index is 2.60. The minimum Gasteiger partial charge on any atom is -0.504 e. The molecule has 1 N–H and O–H groups in total. The zero-order chi connectivity index (χ0) is 13.2. The number of Topliss-reactive ketones (excluding diaryl/α,β-unsaturated/α-hetero) is 1. The van der Waals surface area contributed by atoms with E-state index < -0.39 is 40.0 Å². The Hall–Kier alpha value is -1.00. The highest BCUT2D eigenvalue weighted by Gasteiger charge is 2.66. The molecule has 2 rings (SSSR count). The fraction of sp³-hybridized carbons (Fsp3) is 0.750. The SMILES string of the molecule is CC1(C)C2CC[C@@]1(C)C(=O)/C2=C(/O)C(F)(F)F. The molecular formula is C12H15F3O2. The first kappa shape index (κ1) is 12.5. The number of hydrogen-bond donors (Lipinski definition) is 1. The molecule has 0 amide bonds. The van der Waals surface area contributed by atoms with Crippen molar-refractivity contribution >= 4 is 5.78 Å². The average Bonchev–Trinajstić information content (AvgIpc) is 2.47. The number of allylic oxidation sites excluding steroid dienone is 2. The smallest absolute Gasteiger partial charge is 0.449 e. The highest BCUT2D eigenvalue weighted by atomic mass is 19.4. The van der Waals surface area contributed by atoms with E-state index in [0.29, 0.717) is 12.8 Å². The van der Waals surface area contributed by atoms with Crippen molar-refractivity contribution in [1.82, 2.24) is 0 Å². The molecule has 96 valence electrons. The van der Waals surface area contributed by atoms with Crippen LogP contribution < -0.4 is 0 Å². The molecule has 5 heteroatoms. The zero-order valence-electron chi connectivity index (χ0n) is 9.98. The Morgan fingerprint density at radius 3 is 2.24 bits per heavy atom. The molecule has 0 heterocycles. The Bertz CT molecular complexity index is 420. The maximum atomic E-state index is 12.5. The molecule has 0 spiro atoms. The maximum absolute atomic E-state index is 12.5. The standard InChI is InChI=1S/C12H15F3O2/c1-10(2)6-4-5-11(10,3)8(16)7(6)9(17)12(13,14)15/h6,17H,4-5H2,1-3H3/b9-7+/t6?,11-/m0/s1. The molecule has 0 radical (unpaired) electrons. The third-order valence-corrected chi connectivity index (χ3v) is 4.84. The topological polar surface area (TPSA) is 37.3 Å². The summed E-state index contributed by atoms with van der Waals surface area (Å²) in [6.07, 6.45) is -3.70. The molecule has 2 aliphatic rings. The van der Waals surface area contributed by atoms with Crippen molar-refractivity contribution in [1.29, 1.82) is 0 Å². The van der Waals surface area contributed by atoms with Gasteiger partial charge >= 0.3 is 6.18 Å². The molecule has 2 bridgehead atoms. The number of rotatable bonds is 0. The molecule has 0 aromatic rings. The Kier molecular flexibility index (Phi) is 2.24. The fourth-order valence-electron chi connectivity index (χ4n) is 3.29. The lowest BCUT2D eigenvalue weighted by Gasteiger charge is -2.31. The van der Waals surface area contributed by atoms with Crippen molar-refractivity contribution in [3.63, 3.8) is 0 Å². The van der Waals surface area contributed by atoms with E-state index in [1.165, 1.54) is 0 Å². The fourth-order valence-corrected chi connectivity index (χ4v) is 3.29. The number of fused-ring (bicyclic) bond motifs is 2. The van der Waals surface area contributed by atoms with Crippen molar-refractivity contribution in [3.05, 3.63) is 11.3 Å². The van der Waals surface area contributed by atoms with Gasteiger partial charge in [0.05, 0.1) is 0 Å². The first-order valence-corrected chi connectivity index (χ1v) is 5.58. The van der Waals surface area contributed by atoms with E-state index in [0.717, 1.165) is 0 Å². The monoisotopic (exact) mass is 248 g/mol. The predicted octanol–water partition coefficient (Wildman–Crippen LogP) is 3.39. The van der Waals surface area contributed by atoms with E-state index in [1.54, 1.807) is 20.8 Å². The lowest BCUT2D eigenvalue weighted by molar-refractivity contribution is -0.131. The maximum Gasteiger partial charge on any atom is 0.449 e. The molecule has 2 atom stereocenters. The van der Waals surface area contributed by atoms with Crippen molar-refractivity contribution < 1.29 is 23.1 Å². The largest absolute Gasteiger partial charge is 0.504 e. The molecule has 0 aromatic heterocycles. The molecule has 2 aliphatic carbocycles. The van der Waals surface area contributed by atoms with E-state index in [-0.39, 0.29) is 0 Å². The van der Waals surface area contributed by atoms with Gasteiger partial charge < -0.3 is 5.11 Å². The predicted molar refractivity (Wildman–Crippen MR) is 55.3 cm³/mol. The second-order valence-electron chi connectivity index (χ2n) is 5.73. The first-order chi connectivity index (χ1) is 7.53. The third kappa shape index (κ3) is 1.31. The van der Waals surface area contributed by atoms with Crippen LogP contribution in [0.2, 0.25) is 0 Å². The molecule has 0 saturated heterocycles. The minimum absolute atomic E-state index is 0.406. The lowest BCUT2D eigenvalue weighted by Crippen LogP contribution is -2.32.